The first-order valence-corrected chi connectivity index (χ1v) is 9.67. The first-order valence-electron chi connectivity index (χ1n) is 9.67. The lowest BCUT2D eigenvalue weighted by Gasteiger charge is -2.36. The number of fused-ring (bicyclic) bond motifs is 1. The maximum Gasteiger partial charge on any atom is 0.241 e. The van der Waals surface area contributed by atoms with E-state index in [2.05, 4.69) is 47.1 Å². The van der Waals surface area contributed by atoms with Gasteiger partial charge in [-0.25, -0.2) is 0 Å². The van der Waals surface area contributed by atoms with E-state index >= 15 is 0 Å². The SMILES string of the molecule is COc1ccc(N2CCN(CC(=O)N3c4ccccc4C[C@H]3C)CC2)cc1. The van der Waals surface area contributed by atoms with Crippen molar-refractivity contribution < 1.29 is 9.53 Å². The second-order valence-electron chi connectivity index (χ2n) is 7.41. The van der Waals surface area contributed by atoms with E-state index in [4.69, 9.17) is 4.74 Å². The van der Waals surface area contributed by atoms with Crippen LogP contribution < -0.4 is 14.5 Å². The van der Waals surface area contributed by atoms with E-state index < -0.39 is 0 Å². The summed E-state index contributed by atoms with van der Waals surface area (Å²) >= 11 is 0. The lowest BCUT2D eigenvalue weighted by Crippen LogP contribution is -2.51. The van der Waals surface area contributed by atoms with Crippen LogP contribution in [0.5, 0.6) is 5.75 Å². The minimum Gasteiger partial charge on any atom is -0.497 e. The fourth-order valence-electron chi connectivity index (χ4n) is 4.17. The molecule has 27 heavy (non-hydrogen) atoms. The second-order valence-corrected chi connectivity index (χ2v) is 7.41. The number of hydrogen-bond acceptors (Lipinski definition) is 4. The number of carbonyl (C=O) groups excluding carboxylic acids is 1. The Morgan fingerprint density at radius 2 is 1.74 bits per heavy atom. The Balaban J connectivity index is 1.34. The van der Waals surface area contributed by atoms with E-state index in [-0.39, 0.29) is 11.9 Å². The number of benzene rings is 2. The Bertz CT molecular complexity index is 797. The molecule has 0 radical (unpaired) electrons. The zero-order valence-corrected chi connectivity index (χ0v) is 16.1. The van der Waals surface area contributed by atoms with E-state index in [1.807, 2.05) is 23.1 Å². The molecule has 4 rings (SSSR count). The number of piperazine rings is 1. The van der Waals surface area contributed by atoms with Crippen LogP contribution in [0.4, 0.5) is 11.4 Å². The number of carbonyl (C=O) groups is 1. The summed E-state index contributed by atoms with van der Waals surface area (Å²) in [6.45, 7) is 6.31. The van der Waals surface area contributed by atoms with Crippen LogP contribution in [-0.2, 0) is 11.2 Å². The molecule has 142 valence electrons. The van der Waals surface area contributed by atoms with E-state index in [0.717, 1.165) is 44.0 Å². The zero-order chi connectivity index (χ0) is 18.8. The third-order valence-corrected chi connectivity index (χ3v) is 5.64. The number of amides is 1. The molecule has 0 aromatic heterocycles. The molecule has 2 aromatic rings. The fraction of sp³-hybridized carbons (Fsp3) is 0.409. The minimum atomic E-state index is 0.213. The summed E-state index contributed by atoms with van der Waals surface area (Å²) in [4.78, 5) is 19.6. The van der Waals surface area contributed by atoms with Crippen molar-refractivity contribution in [3.63, 3.8) is 0 Å². The molecule has 2 aliphatic heterocycles. The smallest absolute Gasteiger partial charge is 0.241 e. The van der Waals surface area contributed by atoms with Gasteiger partial charge in [0.15, 0.2) is 0 Å². The number of anilines is 2. The summed E-state index contributed by atoms with van der Waals surface area (Å²) in [5.74, 6) is 1.09. The van der Waals surface area contributed by atoms with Gasteiger partial charge in [0.2, 0.25) is 5.91 Å². The Hall–Kier alpha value is -2.53. The molecule has 5 nitrogen and oxygen atoms in total. The summed E-state index contributed by atoms with van der Waals surface area (Å²) < 4.78 is 5.23. The summed E-state index contributed by atoms with van der Waals surface area (Å²) in [7, 11) is 1.68. The average Bonchev–Trinajstić information content (AvgIpc) is 3.04. The van der Waals surface area contributed by atoms with E-state index in [1.165, 1.54) is 11.3 Å². The highest BCUT2D eigenvalue weighted by atomic mass is 16.5. The molecule has 2 aliphatic rings. The zero-order valence-electron chi connectivity index (χ0n) is 16.1. The Morgan fingerprint density at radius 1 is 1.04 bits per heavy atom. The molecule has 1 saturated heterocycles. The summed E-state index contributed by atoms with van der Waals surface area (Å²) in [6.07, 6.45) is 0.952. The van der Waals surface area contributed by atoms with Gasteiger partial charge in [0.1, 0.15) is 5.75 Å². The number of methoxy groups -OCH3 is 1. The second kappa shape index (κ2) is 7.61. The molecule has 0 aliphatic carbocycles. The first kappa shape index (κ1) is 17.9. The Kier molecular flexibility index (Phi) is 5.03. The van der Waals surface area contributed by atoms with Crippen LogP contribution in [0.1, 0.15) is 12.5 Å². The molecular formula is C22H27N3O2. The van der Waals surface area contributed by atoms with E-state index in [1.54, 1.807) is 7.11 Å². The molecule has 2 heterocycles. The van der Waals surface area contributed by atoms with Crippen LogP contribution in [0.15, 0.2) is 48.5 Å². The molecule has 0 bridgehead atoms. The maximum atomic E-state index is 13.0. The average molecular weight is 365 g/mol. The summed E-state index contributed by atoms with van der Waals surface area (Å²) in [6, 6.07) is 16.7. The van der Waals surface area contributed by atoms with Crippen molar-refractivity contribution in [1.82, 2.24) is 4.90 Å². The number of nitrogens with zero attached hydrogens (tertiary/aromatic N) is 3. The van der Waals surface area contributed by atoms with Crippen LogP contribution in [-0.4, -0.2) is 56.7 Å². The topological polar surface area (TPSA) is 36.0 Å². The van der Waals surface area contributed by atoms with Crippen molar-refractivity contribution >= 4 is 17.3 Å². The van der Waals surface area contributed by atoms with E-state index in [9.17, 15) is 4.79 Å². The molecule has 2 aromatic carbocycles. The van der Waals surface area contributed by atoms with Crippen molar-refractivity contribution in [2.45, 2.75) is 19.4 Å². The van der Waals surface area contributed by atoms with Gasteiger partial charge in [-0.1, -0.05) is 18.2 Å². The van der Waals surface area contributed by atoms with Crippen LogP contribution in [0.2, 0.25) is 0 Å². The highest BCUT2D eigenvalue weighted by Gasteiger charge is 2.31. The van der Waals surface area contributed by atoms with Crippen molar-refractivity contribution in [2.75, 3.05) is 49.6 Å². The van der Waals surface area contributed by atoms with Crippen LogP contribution >= 0.6 is 0 Å². The van der Waals surface area contributed by atoms with E-state index in [0.29, 0.717) is 6.54 Å². The van der Waals surface area contributed by atoms with Crippen molar-refractivity contribution in [2.24, 2.45) is 0 Å². The Morgan fingerprint density at radius 3 is 2.44 bits per heavy atom. The van der Waals surface area contributed by atoms with Gasteiger partial charge in [-0.2, -0.15) is 0 Å². The normalized spacial score (nSPS) is 19.9. The minimum absolute atomic E-state index is 0.213. The van der Waals surface area contributed by atoms with Gasteiger partial charge in [-0.05, 0) is 49.2 Å². The molecule has 0 spiro atoms. The van der Waals surface area contributed by atoms with Crippen LogP contribution in [0.3, 0.4) is 0 Å². The van der Waals surface area contributed by atoms with Gasteiger partial charge >= 0.3 is 0 Å². The molecule has 0 N–H and O–H groups in total. The largest absolute Gasteiger partial charge is 0.497 e. The molecule has 1 fully saturated rings. The predicted octanol–water partition coefficient (Wildman–Crippen LogP) is 2.80. The van der Waals surface area contributed by atoms with Gasteiger partial charge in [0.25, 0.3) is 0 Å². The van der Waals surface area contributed by atoms with Crippen molar-refractivity contribution in [3.05, 3.63) is 54.1 Å². The molecular weight excluding hydrogens is 338 g/mol. The molecule has 0 saturated carbocycles. The molecule has 1 atom stereocenters. The number of ether oxygens (including phenoxy) is 1. The summed E-state index contributed by atoms with van der Waals surface area (Å²) in [5.41, 5.74) is 3.58. The molecule has 5 heteroatoms. The van der Waals surface area contributed by atoms with Crippen LogP contribution in [0.25, 0.3) is 0 Å². The third-order valence-electron chi connectivity index (χ3n) is 5.64. The van der Waals surface area contributed by atoms with Crippen molar-refractivity contribution in [1.29, 1.82) is 0 Å². The molecule has 1 amide bonds. The Labute approximate surface area is 161 Å². The quantitative estimate of drug-likeness (QED) is 0.835. The summed E-state index contributed by atoms with van der Waals surface area (Å²) in [5, 5.41) is 0. The highest BCUT2D eigenvalue weighted by Crippen LogP contribution is 2.32. The van der Waals surface area contributed by atoms with Gasteiger partial charge in [-0.15, -0.1) is 0 Å². The van der Waals surface area contributed by atoms with Crippen LogP contribution in [0, 0.1) is 0 Å². The third kappa shape index (κ3) is 3.65. The maximum absolute atomic E-state index is 13.0. The van der Waals surface area contributed by atoms with Gasteiger partial charge < -0.3 is 14.5 Å². The fourth-order valence-corrected chi connectivity index (χ4v) is 4.17. The standard InChI is InChI=1S/C22H27N3O2/c1-17-15-18-5-3-4-6-21(18)25(17)22(26)16-23-11-13-24(14-12-23)19-7-9-20(27-2)10-8-19/h3-10,17H,11-16H2,1-2H3/t17-/m1/s1. The van der Waals surface area contributed by atoms with Crippen molar-refractivity contribution in [3.8, 4) is 5.75 Å². The number of hydrogen-bond donors (Lipinski definition) is 0. The van der Waals surface area contributed by atoms with Gasteiger partial charge in [-0.3, -0.25) is 9.69 Å². The monoisotopic (exact) mass is 365 g/mol. The number of rotatable bonds is 4. The van der Waals surface area contributed by atoms with Gasteiger partial charge in [0.05, 0.1) is 13.7 Å². The highest BCUT2D eigenvalue weighted by molar-refractivity contribution is 5.97. The number of para-hydroxylation sites is 1. The lowest BCUT2D eigenvalue weighted by molar-refractivity contribution is -0.120. The molecule has 0 unspecified atom stereocenters. The van der Waals surface area contributed by atoms with Gasteiger partial charge in [0, 0.05) is 43.6 Å². The first-order chi connectivity index (χ1) is 13.2. The predicted molar refractivity (Wildman–Crippen MR) is 109 cm³/mol. The lowest BCUT2D eigenvalue weighted by atomic mass is 10.1.